The molecule has 0 saturated heterocycles. The maximum atomic E-state index is 11.4. The zero-order valence-electron chi connectivity index (χ0n) is 9.75. The van der Waals surface area contributed by atoms with Gasteiger partial charge < -0.3 is 5.11 Å². The zero-order chi connectivity index (χ0) is 11.6. The van der Waals surface area contributed by atoms with Gasteiger partial charge in [0.25, 0.3) is 0 Å². The topological polar surface area (TPSA) is 54.4 Å². The van der Waals surface area contributed by atoms with Gasteiger partial charge in [0.05, 0.1) is 0 Å². The van der Waals surface area contributed by atoms with Crippen molar-refractivity contribution in [3.63, 3.8) is 0 Å². The molecular weight excluding hydrogens is 192 g/mol. The number of hydrogen-bond donors (Lipinski definition) is 1. The van der Waals surface area contributed by atoms with Crippen molar-refractivity contribution >= 4 is 11.8 Å². The van der Waals surface area contributed by atoms with Gasteiger partial charge in [0.2, 0.25) is 5.78 Å². The van der Waals surface area contributed by atoms with Crippen molar-refractivity contribution in [2.24, 2.45) is 17.3 Å². The number of carbonyl (C=O) groups is 2. The Labute approximate surface area is 90.9 Å². The molecule has 3 nitrogen and oxygen atoms in total. The average molecular weight is 212 g/mol. The Bertz CT molecular complexity index is 270. The van der Waals surface area contributed by atoms with Crippen molar-refractivity contribution in [1.82, 2.24) is 0 Å². The number of aliphatic carboxylic acids is 1. The highest BCUT2D eigenvalue weighted by Gasteiger charge is 2.38. The fourth-order valence-electron chi connectivity index (χ4n) is 2.44. The minimum absolute atomic E-state index is 0.133. The normalized spacial score (nSPS) is 31.6. The van der Waals surface area contributed by atoms with Crippen LogP contribution in [0.4, 0.5) is 0 Å². The lowest BCUT2D eigenvalue weighted by Crippen LogP contribution is -2.36. The van der Waals surface area contributed by atoms with Crippen molar-refractivity contribution in [1.29, 1.82) is 0 Å². The molecule has 0 aliphatic heterocycles. The first-order chi connectivity index (χ1) is 6.87. The van der Waals surface area contributed by atoms with Crippen molar-refractivity contribution in [3.05, 3.63) is 0 Å². The van der Waals surface area contributed by atoms with Crippen LogP contribution in [0.2, 0.25) is 0 Å². The van der Waals surface area contributed by atoms with Crippen LogP contribution in [0.1, 0.15) is 46.5 Å². The first-order valence-electron chi connectivity index (χ1n) is 5.64. The van der Waals surface area contributed by atoms with Crippen molar-refractivity contribution in [3.8, 4) is 0 Å². The van der Waals surface area contributed by atoms with Gasteiger partial charge >= 0.3 is 5.97 Å². The van der Waals surface area contributed by atoms with E-state index in [-0.39, 0.29) is 11.3 Å². The summed E-state index contributed by atoms with van der Waals surface area (Å²) in [4.78, 5) is 22.0. The van der Waals surface area contributed by atoms with Gasteiger partial charge in [0.1, 0.15) is 0 Å². The molecule has 0 bridgehead atoms. The molecule has 2 atom stereocenters. The standard InChI is InChI=1S/C12H20O3/c1-8(2)12(3)6-4-5-9(7-12)10(13)11(14)15/h8-9H,4-7H2,1-3H3,(H,14,15). The van der Waals surface area contributed by atoms with E-state index in [0.29, 0.717) is 5.92 Å². The van der Waals surface area contributed by atoms with Gasteiger partial charge in [0, 0.05) is 5.92 Å². The second-order valence-corrected chi connectivity index (χ2v) is 5.27. The van der Waals surface area contributed by atoms with Gasteiger partial charge in [-0.25, -0.2) is 4.79 Å². The first kappa shape index (κ1) is 12.2. The summed E-state index contributed by atoms with van der Waals surface area (Å²) in [5.74, 6) is -1.62. The quantitative estimate of drug-likeness (QED) is 0.731. The number of Topliss-reactive ketones (excluding diaryl/α,β-unsaturated/α-hetero) is 1. The Kier molecular flexibility index (Phi) is 3.53. The van der Waals surface area contributed by atoms with E-state index in [1.54, 1.807) is 0 Å². The second kappa shape index (κ2) is 4.33. The SMILES string of the molecule is CC(C)C1(C)CCCC(C(=O)C(=O)O)C1. The summed E-state index contributed by atoms with van der Waals surface area (Å²) in [5.41, 5.74) is 0.133. The summed E-state index contributed by atoms with van der Waals surface area (Å²) in [5, 5.41) is 8.69. The third-order valence-corrected chi connectivity index (χ3v) is 3.99. The summed E-state index contributed by atoms with van der Waals surface area (Å²) in [7, 11) is 0. The molecule has 1 saturated carbocycles. The molecule has 0 aromatic rings. The van der Waals surface area contributed by atoms with E-state index in [9.17, 15) is 9.59 Å². The largest absolute Gasteiger partial charge is 0.475 e. The lowest BCUT2D eigenvalue weighted by Gasteiger charge is -2.40. The summed E-state index contributed by atoms with van der Waals surface area (Å²) in [6.07, 6.45) is 3.55. The van der Waals surface area contributed by atoms with Crippen LogP contribution in [0.15, 0.2) is 0 Å². The lowest BCUT2D eigenvalue weighted by atomic mass is 9.64. The molecule has 1 fully saturated rings. The molecule has 0 spiro atoms. The molecule has 1 aliphatic rings. The van der Waals surface area contributed by atoms with Crippen LogP contribution in [0.25, 0.3) is 0 Å². The van der Waals surface area contributed by atoms with Crippen LogP contribution >= 0.6 is 0 Å². The molecule has 1 rings (SSSR count). The average Bonchev–Trinajstić information content (AvgIpc) is 2.16. The van der Waals surface area contributed by atoms with Crippen LogP contribution in [0, 0.1) is 17.3 Å². The van der Waals surface area contributed by atoms with Crippen LogP contribution in [-0.2, 0) is 9.59 Å². The second-order valence-electron chi connectivity index (χ2n) is 5.27. The van der Waals surface area contributed by atoms with Gasteiger partial charge in [-0.2, -0.15) is 0 Å². The smallest absolute Gasteiger partial charge is 0.372 e. The van der Waals surface area contributed by atoms with E-state index in [1.165, 1.54) is 0 Å². The van der Waals surface area contributed by atoms with E-state index < -0.39 is 11.8 Å². The van der Waals surface area contributed by atoms with Gasteiger partial charge in [-0.3, -0.25) is 4.79 Å². The van der Waals surface area contributed by atoms with Crippen LogP contribution in [0.3, 0.4) is 0 Å². The predicted octanol–water partition coefficient (Wildman–Crippen LogP) is 2.49. The van der Waals surface area contributed by atoms with E-state index in [4.69, 9.17) is 5.11 Å². The lowest BCUT2D eigenvalue weighted by molar-refractivity contribution is -0.152. The highest BCUT2D eigenvalue weighted by Crippen LogP contribution is 2.44. The Morgan fingerprint density at radius 1 is 1.40 bits per heavy atom. The molecule has 2 unspecified atom stereocenters. The minimum atomic E-state index is -1.27. The van der Waals surface area contributed by atoms with E-state index >= 15 is 0 Å². The predicted molar refractivity (Wildman–Crippen MR) is 57.5 cm³/mol. The number of rotatable bonds is 3. The fourth-order valence-corrected chi connectivity index (χ4v) is 2.44. The molecule has 1 N–H and O–H groups in total. The molecule has 0 aromatic heterocycles. The third-order valence-electron chi connectivity index (χ3n) is 3.99. The van der Waals surface area contributed by atoms with Crippen molar-refractivity contribution in [2.75, 3.05) is 0 Å². The fraction of sp³-hybridized carbons (Fsp3) is 0.833. The van der Waals surface area contributed by atoms with Crippen LogP contribution in [0.5, 0.6) is 0 Å². The number of hydrogen-bond acceptors (Lipinski definition) is 2. The van der Waals surface area contributed by atoms with Gasteiger partial charge in [-0.1, -0.05) is 27.2 Å². The number of carbonyl (C=O) groups excluding carboxylic acids is 1. The van der Waals surface area contributed by atoms with Crippen molar-refractivity contribution in [2.45, 2.75) is 46.5 Å². The van der Waals surface area contributed by atoms with E-state index in [0.717, 1.165) is 25.7 Å². The molecule has 0 radical (unpaired) electrons. The first-order valence-corrected chi connectivity index (χ1v) is 5.64. The molecular formula is C12H20O3. The molecule has 0 aromatic carbocycles. The molecule has 3 heteroatoms. The summed E-state index contributed by atoms with van der Waals surface area (Å²) in [6, 6.07) is 0. The Morgan fingerprint density at radius 3 is 2.47 bits per heavy atom. The Hall–Kier alpha value is -0.860. The number of ketones is 1. The number of carboxylic acids is 1. The number of carboxylic acid groups (broad SMARTS) is 1. The molecule has 86 valence electrons. The highest BCUT2D eigenvalue weighted by molar-refractivity contribution is 6.33. The third kappa shape index (κ3) is 2.58. The van der Waals surface area contributed by atoms with Gasteiger partial charge in [-0.15, -0.1) is 0 Å². The summed E-state index contributed by atoms with van der Waals surface area (Å²) >= 11 is 0. The maximum absolute atomic E-state index is 11.4. The highest BCUT2D eigenvalue weighted by atomic mass is 16.4. The Morgan fingerprint density at radius 2 is 2.00 bits per heavy atom. The van der Waals surface area contributed by atoms with E-state index in [2.05, 4.69) is 20.8 Å². The van der Waals surface area contributed by atoms with Gasteiger partial charge in [0.15, 0.2) is 0 Å². The van der Waals surface area contributed by atoms with Crippen LogP contribution in [-0.4, -0.2) is 16.9 Å². The maximum Gasteiger partial charge on any atom is 0.372 e. The monoisotopic (exact) mass is 212 g/mol. The minimum Gasteiger partial charge on any atom is -0.475 e. The molecule has 1 aliphatic carbocycles. The molecule has 15 heavy (non-hydrogen) atoms. The summed E-state index contributed by atoms with van der Waals surface area (Å²) in [6.45, 7) is 6.46. The Balaban J connectivity index is 2.72. The van der Waals surface area contributed by atoms with Crippen LogP contribution < -0.4 is 0 Å². The van der Waals surface area contributed by atoms with Gasteiger partial charge in [-0.05, 0) is 30.6 Å². The van der Waals surface area contributed by atoms with E-state index in [1.807, 2.05) is 0 Å². The molecule has 0 heterocycles. The molecule has 0 amide bonds. The summed E-state index contributed by atoms with van der Waals surface area (Å²) < 4.78 is 0. The zero-order valence-corrected chi connectivity index (χ0v) is 9.75. The van der Waals surface area contributed by atoms with Crippen molar-refractivity contribution < 1.29 is 14.7 Å².